The number of aryl methyl sites for hydroxylation is 1. The van der Waals surface area contributed by atoms with Gasteiger partial charge < -0.3 is 0 Å². The average molecular weight is 315 g/mol. The summed E-state index contributed by atoms with van der Waals surface area (Å²) in [6.45, 7) is 4.01. The number of ketones is 1. The molecule has 0 saturated carbocycles. The Hall–Kier alpha value is -1.64. The van der Waals surface area contributed by atoms with E-state index in [2.05, 4.69) is 13.0 Å². The van der Waals surface area contributed by atoms with E-state index in [1.54, 1.807) is 11.3 Å². The van der Waals surface area contributed by atoms with Crippen LogP contribution in [0.15, 0.2) is 42.5 Å². The van der Waals surface area contributed by atoms with Crippen molar-refractivity contribution in [3.63, 3.8) is 0 Å². The molecule has 1 aromatic heterocycles. The molecule has 0 spiro atoms. The van der Waals surface area contributed by atoms with E-state index >= 15 is 0 Å². The molecular weight excluding hydrogens is 300 g/mol. The summed E-state index contributed by atoms with van der Waals surface area (Å²) in [4.78, 5) is 12.9. The maximum atomic E-state index is 11.7. The van der Waals surface area contributed by atoms with Gasteiger partial charge in [-0.15, -0.1) is 11.3 Å². The van der Waals surface area contributed by atoms with Gasteiger partial charge in [0.1, 0.15) is 0 Å². The Labute approximate surface area is 133 Å². The number of thiophene rings is 1. The summed E-state index contributed by atoms with van der Waals surface area (Å²) in [5.41, 5.74) is 3.17. The van der Waals surface area contributed by atoms with Gasteiger partial charge in [0.05, 0.1) is 0 Å². The molecule has 0 aliphatic rings. The lowest BCUT2D eigenvalue weighted by Crippen LogP contribution is -1.95. The first-order chi connectivity index (χ1) is 10.1. The van der Waals surface area contributed by atoms with Crippen LogP contribution in [0, 0.1) is 6.92 Å². The number of benzene rings is 2. The maximum Gasteiger partial charge on any atom is 0.162 e. The largest absolute Gasteiger partial charge is 0.294 e. The highest BCUT2D eigenvalue weighted by atomic mass is 35.5. The van der Waals surface area contributed by atoms with Crippen LogP contribution < -0.4 is 0 Å². The zero-order valence-corrected chi connectivity index (χ0v) is 13.5. The second-order valence-corrected chi connectivity index (χ2v) is 6.54. The third-order valence-electron chi connectivity index (χ3n) is 3.69. The quantitative estimate of drug-likeness (QED) is 0.532. The highest BCUT2D eigenvalue weighted by molar-refractivity contribution is 7.22. The number of hydrogen-bond donors (Lipinski definition) is 0. The summed E-state index contributed by atoms with van der Waals surface area (Å²) in [6.07, 6.45) is 0.541. The number of carbonyl (C=O) groups excluding carboxylic acids is 1. The van der Waals surface area contributed by atoms with Crippen LogP contribution in [-0.2, 0) is 0 Å². The van der Waals surface area contributed by atoms with Crippen molar-refractivity contribution in [1.29, 1.82) is 0 Å². The number of Topliss-reactive ketones (excluding diaryl/α,β-unsaturated/α-hetero) is 1. The van der Waals surface area contributed by atoms with E-state index < -0.39 is 0 Å². The number of halogens is 1. The zero-order chi connectivity index (χ0) is 15.0. The highest BCUT2D eigenvalue weighted by Crippen LogP contribution is 2.39. The standard InChI is InChI=1S/C18H15ClOS/c1-3-16(20)12-4-6-13(7-5-12)18-11(2)15-10-14(19)8-9-17(15)21-18/h4-10H,3H2,1-2H3. The Kier molecular flexibility index (Phi) is 3.83. The number of rotatable bonds is 3. The topological polar surface area (TPSA) is 17.1 Å². The van der Waals surface area contributed by atoms with Crippen LogP contribution in [0.5, 0.6) is 0 Å². The van der Waals surface area contributed by atoms with Crippen molar-refractivity contribution in [2.45, 2.75) is 20.3 Å². The van der Waals surface area contributed by atoms with Gasteiger partial charge in [0, 0.05) is 26.6 Å². The Balaban J connectivity index is 2.08. The fourth-order valence-corrected chi connectivity index (χ4v) is 3.85. The number of carbonyl (C=O) groups is 1. The van der Waals surface area contributed by atoms with Crippen molar-refractivity contribution >= 4 is 38.8 Å². The molecule has 0 atom stereocenters. The lowest BCUT2D eigenvalue weighted by molar-refractivity contribution is 0.0988. The lowest BCUT2D eigenvalue weighted by atomic mass is 10.0. The van der Waals surface area contributed by atoms with Crippen molar-refractivity contribution < 1.29 is 4.79 Å². The average Bonchev–Trinajstić information content (AvgIpc) is 2.83. The summed E-state index contributed by atoms with van der Waals surface area (Å²) in [6, 6.07) is 13.9. The van der Waals surface area contributed by atoms with Crippen molar-refractivity contribution in [1.82, 2.24) is 0 Å². The van der Waals surface area contributed by atoms with Crippen LogP contribution in [0.25, 0.3) is 20.5 Å². The molecule has 1 nitrogen and oxygen atoms in total. The van der Waals surface area contributed by atoms with Crippen LogP contribution >= 0.6 is 22.9 Å². The van der Waals surface area contributed by atoms with Gasteiger partial charge in [0.2, 0.25) is 0 Å². The summed E-state index contributed by atoms with van der Waals surface area (Å²) in [7, 11) is 0. The fourth-order valence-electron chi connectivity index (χ4n) is 2.48. The molecule has 2 aromatic carbocycles. The molecule has 1 heterocycles. The smallest absolute Gasteiger partial charge is 0.162 e. The third-order valence-corrected chi connectivity index (χ3v) is 5.25. The van der Waals surface area contributed by atoms with Gasteiger partial charge >= 0.3 is 0 Å². The molecule has 0 fully saturated rings. The summed E-state index contributed by atoms with van der Waals surface area (Å²) in [5.74, 6) is 0.182. The van der Waals surface area contributed by atoms with E-state index in [1.807, 2.05) is 43.3 Å². The van der Waals surface area contributed by atoms with Crippen LogP contribution in [0.1, 0.15) is 29.3 Å². The number of fused-ring (bicyclic) bond motifs is 1. The van der Waals surface area contributed by atoms with Gasteiger partial charge in [-0.3, -0.25) is 4.79 Å². The minimum Gasteiger partial charge on any atom is -0.294 e. The van der Waals surface area contributed by atoms with Crippen LogP contribution in [-0.4, -0.2) is 5.78 Å². The lowest BCUT2D eigenvalue weighted by Gasteiger charge is -2.02. The van der Waals surface area contributed by atoms with Crippen molar-refractivity contribution in [2.24, 2.45) is 0 Å². The van der Waals surface area contributed by atoms with Gasteiger partial charge in [-0.25, -0.2) is 0 Å². The van der Waals surface area contributed by atoms with Crippen molar-refractivity contribution in [3.8, 4) is 10.4 Å². The molecule has 3 rings (SSSR count). The molecule has 0 unspecified atom stereocenters. The summed E-state index contributed by atoms with van der Waals surface area (Å²) < 4.78 is 1.24. The molecule has 3 heteroatoms. The second kappa shape index (κ2) is 5.63. The van der Waals surface area contributed by atoms with Gasteiger partial charge in [0.15, 0.2) is 5.78 Å². The number of hydrogen-bond acceptors (Lipinski definition) is 2. The monoisotopic (exact) mass is 314 g/mol. The van der Waals surface area contributed by atoms with Crippen LogP contribution in [0.3, 0.4) is 0 Å². The molecule has 106 valence electrons. The first kappa shape index (κ1) is 14.3. The fraction of sp³-hybridized carbons (Fsp3) is 0.167. The van der Waals surface area contributed by atoms with E-state index in [1.165, 1.54) is 20.5 Å². The highest BCUT2D eigenvalue weighted by Gasteiger charge is 2.11. The Morgan fingerprint density at radius 3 is 2.52 bits per heavy atom. The molecule has 0 aliphatic carbocycles. The van der Waals surface area contributed by atoms with Gasteiger partial charge in [-0.1, -0.05) is 42.8 Å². The van der Waals surface area contributed by atoms with Gasteiger partial charge in [-0.05, 0) is 41.6 Å². The zero-order valence-electron chi connectivity index (χ0n) is 11.9. The predicted molar refractivity (Wildman–Crippen MR) is 91.6 cm³/mol. The Bertz CT molecular complexity index is 815. The molecule has 0 radical (unpaired) electrons. The van der Waals surface area contributed by atoms with Crippen LogP contribution in [0.4, 0.5) is 0 Å². The van der Waals surface area contributed by atoms with E-state index in [9.17, 15) is 4.79 Å². The molecule has 0 N–H and O–H groups in total. The van der Waals surface area contributed by atoms with E-state index in [-0.39, 0.29) is 5.78 Å². The summed E-state index contributed by atoms with van der Waals surface area (Å²) in [5, 5.41) is 1.97. The first-order valence-electron chi connectivity index (χ1n) is 6.92. The normalized spacial score (nSPS) is 11.0. The van der Waals surface area contributed by atoms with Gasteiger partial charge in [0.25, 0.3) is 0 Å². The molecule has 0 aliphatic heterocycles. The minimum atomic E-state index is 0.182. The van der Waals surface area contributed by atoms with Gasteiger partial charge in [-0.2, -0.15) is 0 Å². The summed E-state index contributed by atoms with van der Waals surface area (Å²) >= 11 is 7.85. The van der Waals surface area contributed by atoms with Crippen molar-refractivity contribution in [3.05, 3.63) is 58.6 Å². The molecule has 21 heavy (non-hydrogen) atoms. The van der Waals surface area contributed by atoms with E-state index in [4.69, 9.17) is 11.6 Å². The third kappa shape index (κ3) is 2.61. The van der Waals surface area contributed by atoms with Crippen molar-refractivity contribution in [2.75, 3.05) is 0 Å². The Morgan fingerprint density at radius 2 is 1.86 bits per heavy atom. The minimum absolute atomic E-state index is 0.182. The molecule has 0 saturated heterocycles. The Morgan fingerprint density at radius 1 is 1.14 bits per heavy atom. The van der Waals surface area contributed by atoms with Crippen LogP contribution in [0.2, 0.25) is 5.02 Å². The molecule has 0 bridgehead atoms. The molecule has 3 aromatic rings. The second-order valence-electron chi connectivity index (χ2n) is 5.05. The predicted octanol–water partition coefficient (Wildman–Crippen LogP) is 6.12. The molecular formula is C18H15ClOS. The van der Waals surface area contributed by atoms with E-state index in [0.717, 1.165) is 16.1 Å². The van der Waals surface area contributed by atoms with E-state index in [0.29, 0.717) is 6.42 Å². The molecule has 0 amide bonds. The first-order valence-corrected chi connectivity index (χ1v) is 8.12. The maximum absolute atomic E-state index is 11.7. The SMILES string of the molecule is CCC(=O)c1ccc(-c2sc3ccc(Cl)cc3c2C)cc1.